The highest BCUT2D eigenvalue weighted by Gasteiger charge is 2.31. The van der Waals surface area contributed by atoms with Gasteiger partial charge in [0.05, 0.1) is 18.2 Å². The van der Waals surface area contributed by atoms with E-state index < -0.39 is 32.7 Å². The van der Waals surface area contributed by atoms with E-state index in [9.17, 15) is 17.6 Å². The van der Waals surface area contributed by atoms with Crippen molar-refractivity contribution < 1.29 is 22.3 Å². The van der Waals surface area contributed by atoms with Crippen molar-refractivity contribution in [2.45, 2.75) is 56.2 Å². The molecule has 134 valence electrons. The maximum absolute atomic E-state index is 13.7. The summed E-state index contributed by atoms with van der Waals surface area (Å²) in [4.78, 5) is 11.8. The number of nitrogens with one attached hydrogen (secondary N) is 2. The van der Waals surface area contributed by atoms with Crippen LogP contribution in [-0.4, -0.2) is 39.1 Å². The van der Waals surface area contributed by atoms with Gasteiger partial charge in [-0.05, 0) is 45.2 Å². The third-order valence-corrected chi connectivity index (χ3v) is 5.59. The summed E-state index contributed by atoms with van der Waals surface area (Å²) >= 11 is 0. The number of halogens is 1. The normalized spacial score (nSPS) is 22.3. The van der Waals surface area contributed by atoms with E-state index in [4.69, 9.17) is 4.74 Å². The Morgan fingerprint density at radius 3 is 2.75 bits per heavy atom. The molecule has 0 saturated heterocycles. The topological polar surface area (TPSA) is 84.5 Å². The molecule has 2 N–H and O–H groups in total. The van der Waals surface area contributed by atoms with Crippen LogP contribution in [0, 0.1) is 5.82 Å². The summed E-state index contributed by atoms with van der Waals surface area (Å²) < 4.78 is 45.9. The molecule has 1 saturated carbocycles. The maximum Gasteiger partial charge on any atom is 0.244 e. The third-order valence-electron chi connectivity index (χ3n) is 4.01. The van der Waals surface area contributed by atoms with Crippen molar-refractivity contribution in [1.82, 2.24) is 10.0 Å². The van der Waals surface area contributed by atoms with Crippen LogP contribution in [0.5, 0.6) is 0 Å². The summed E-state index contributed by atoms with van der Waals surface area (Å²) in [6.45, 7) is 3.88. The number of carbonyl (C=O) groups excluding carboxylic acids is 1. The van der Waals surface area contributed by atoms with Crippen LogP contribution in [0.3, 0.4) is 0 Å². The number of ether oxygens (including phenoxy) is 1. The SMILES string of the molecule is CCO[C@@H]1CCC[C@H]1NC(=O)[C@H](C)NS(=O)(=O)c1ccccc1F. The minimum Gasteiger partial charge on any atom is -0.376 e. The van der Waals surface area contributed by atoms with Gasteiger partial charge < -0.3 is 10.1 Å². The van der Waals surface area contributed by atoms with Gasteiger partial charge in [-0.3, -0.25) is 4.79 Å². The molecule has 0 bridgehead atoms. The van der Waals surface area contributed by atoms with E-state index in [1.807, 2.05) is 6.92 Å². The molecule has 1 aromatic rings. The van der Waals surface area contributed by atoms with Gasteiger partial charge in [0, 0.05) is 6.61 Å². The van der Waals surface area contributed by atoms with Crippen molar-refractivity contribution in [2.75, 3.05) is 6.61 Å². The lowest BCUT2D eigenvalue weighted by molar-refractivity contribution is -0.124. The molecule has 1 aliphatic rings. The lowest BCUT2D eigenvalue weighted by atomic mass is 10.2. The molecule has 6 nitrogen and oxygen atoms in total. The minimum atomic E-state index is -4.11. The van der Waals surface area contributed by atoms with Gasteiger partial charge in [0.1, 0.15) is 10.7 Å². The number of benzene rings is 1. The monoisotopic (exact) mass is 358 g/mol. The number of rotatable bonds is 7. The summed E-state index contributed by atoms with van der Waals surface area (Å²) in [5.41, 5.74) is 0. The average molecular weight is 358 g/mol. The van der Waals surface area contributed by atoms with Crippen LogP contribution in [0.25, 0.3) is 0 Å². The number of amides is 1. The lowest BCUT2D eigenvalue weighted by Gasteiger charge is -2.23. The Morgan fingerprint density at radius 2 is 2.08 bits per heavy atom. The zero-order chi connectivity index (χ0) is 17.7. The van der Waals surface area contributed by atoms with E-state index in [0.29, 0.717) is 6.61 Å². The summed E-state index contributed by atoms with van der Waals surface area (Å²) in [5.74, 6) is -1.31. The molecule has 0 spiro atoms. The van der Waals surface area contributed by atoms with Gasteiger partial charge in [0.15, 0.2) is 0 Å². The van der Waals surface area contributed by atoms with Crippen molar-refractivity contribution in [2.24, 2.45) is 0 Å². The van der Waals surface area contributed by atoms with Crippen LogP contribution >= 0.6 is 0 Å². The predicted molar refractivity (Wildman–Crippen MR) is 87.4 cm³/mol. The highest BCUT2D eigenvalue weighted by molar-refractivity contribution is 7.89. The Kier molecular flexibility index (Phi) is 6.31. The van der Waals surface area contributed by atoms with Crippen LogP contribution in [0.4, 0.5) is 4.39 Å². The summed E-state index contributed by atoms with van der Waals surface area (Å²) in [6.07, 6.45) is 2.57. The first-order chi connectivity index (χ1) is 11.3. The van der Waals surface area contributed by atoms with Crippen molar-refractivity contribution in [1.29, 1.82) is 0 Å². The number of hydrogen-bond acceptors (Lipinski definition) is 4. The predicted octanol–water partition coefficient (Wildman–Crippen LogP) is 1.57. The molecule has 0 aliphatic heterocycles. The smallest absolute Gasteiger partial charge is 0.244 e. The van der Waals surface area contributed by atoms with Crippen LogP contribution in [0.2, 0.25) is 0 Å². The second-order valence-corrected chi connectivity index (χ2v) is 7.50. The highest BCUT2D eigenvalue weighted by atomic mass is 32.2. The molecular formula is C16H23FN2O4S. The fourth-order valence-corrected chi connectivity index (χ4v) is 4.11. The fourth-order valence-electron chi connectivity index (χ4n) is 2.82. The number of sulfonamides is 1. The maximum atomic E-state index is 13.7. The Hall–Kier alpha value is -1.51. The highest BCUT2D eigenvalue weighted by Crippen LogP contribution is 2.22. The second-order valence-electron chi connectivity index (χ2n) is 5.81. The molecular weight excluding hydrogens is 335 g/mol. The third kappa shape index (κ3) is 4.52. The Labute approximate surface area is 141 Å². The van der Waals surface area contributed by atoms with Crippen molar-refractivity contribution >= 4 is 15.9 Å². The van der Waals surface area contributed by atoms with Gasteiger partial charge >= 0.3 is 0 Å². The largest absolute Gasteiger partial charge is 0.376 e. The molecule has 0 aromatic heterocycles. The van der Waals surface area contributed by atoms with Crippen LogP contribution in [-0.2, 0) is 19.6 Å². The van der Waals surface area contributed by atoms with Crippen LogP contribution < -0.4 is 10.0 Å². The zero-order valence-corrected chi connectivity index (χ0v) is 14.6. The number of carbonyl (C=O) groups is 1. The minimum absolute atomic E-state index is 0.0469. The Bertz CT molecular complexity index is 680. The summed E-state index contributed by atoms with van der Waals surface area (Å²) in [7, 11) is -4.11. The molecule has 1 amide bonds. The molecule has 1 aromatic carbocycles. The lowest BCUT2D eigenvalue weighted by Crippen LogP contribution is -2.50. The second kappa shape index (κ2) is 8.04. The molecule has 0 radical (unpaired) electrons. The molecule has 2 rings (SSSR count). The van der Waals surface area contributed by atoms with E-state index in [0.717, 1.165) is 31.4 Å². The molecule has 0 heterocycles. The Balaban J connectivity index is 2.00. The fraction of sp³-hybridized carbons (Fsp3) is 0.562. The van der Waals surface area contributed by atoms with E-state index >= 15 is 0 Å². The molecule has 8 heteroatoms. The first-order valence-corrected chi connectivity index (χ1v) is 9.52. The first-order valence-electron chi connectivity index (χ1n) is 8.04. The molecule has 1 aliphatic carbocycles. The van der Waals surface area contributed by atoms with Gasteiger partial charge in [-0.1, -0.05) is 12.1 Å². The number of hydrogen-bond donors (Lipinski definition) is 2. The van der Waals surface area contributed by atoms with E-state index in [2.05, 4.69) is 10.0 Å². The van der Waals surface area contributed by atoms with E-state index in [1.165, 1.54) is 19.1 Å². The van der Waals surface area contributed by atoms with Crippen LogP contribution in [0.1, 0.15) is 33.1 Å². The van der Waals surface area contributed by atoms with Crippen molar-refractivity contribution in [3.8, 4) is 0 Å². The average Bonchev–Trinajstić information content (AvgIpc) is 2.94. The van der Waals surface area contributed by atoms with Gasteiger partial charge in [0.25, 0.3) is 0 Å². The van der Waals surface area contributed by atoms with Gasteiger partial charge in [-0.15, -0.1) is 0 Å². The van der Waals surface area contributed by atoms with E-state index in [-0.39, 0.29) is 12.1 Å². The Morgan fingerprint density at radius 1 is 1.38 bits per heavy atom. The van der Waals surface area contributed by atoms with Gasteiger partial charge in [-0.25, -0.2) is 12.8 Å². The molecule has 3 atom stereocenters. The molecule has 24 heavy (non-hydrogen) atoms. The van der Waals surface area contributed by atoms with E-state index in [1.54, 1.807) is 0 Å². The molecule has 1 fully saturated rings. The van der Waals surface area contributed by atoms with Crippen LogP contribution in [0.15, 0.2) is 29.2 Å². The first kappa shape index (κ1) is 18.8. The summed E-state index contributed by atoms with van der Waals surface area (Å²) in [5, 5.41) is 2.82. The quantitative estimate of drug-likeness (QED) is 0.775. The summed E-state index contributed by atoms with van der Waals surface area (Å²) in [6, 6.07) is 3.90. The standard InChI is InChI=1S/C16H23FN2O4S/c1-3-23-14-9-6-8-13(14)18-16(20)11(2)19-24(21,22)15-10-5-4-7-12(15)17/h4-5,7,10-11,13-14,19H,3,6,8-9H2,1-2H3,(H,18,20)/t11-,13+,14+/m0/s1. The van der Waals surface area contributed by atoms with Crippen molar-refractivity contribution in [3.05, 3.63) is 30.1 Å². The van der Waals surface area contributed by atoms with Crippen molar-refractivity contribution in [3.63, 3.8) is 0 Å². The van der Waals surface area contributed by atoms with Gasteiger partial charge in [-0.2, -0.15) is 4.72 Å². The van der Waals surface area contributed by atoms with Gasteiger partial charge in [0.2, 0.25) is 15.9 Å². The molecule has 0 unspecified atom stereocenters. The zero-order valence-electron chi connectivity index (χ0n) is 13.8.